The number of nitrogens with zero attached hydrogens (tertiary/aromatic N) is 5. The van der Waals surface area contributed by atoms with Crippen molar-refractivity contribution in [1.82, 2.24) is 35.7 Å². The monoisotopic (exact) mass is 536 g/mol. The van der Waals surface area contributed by atoms with Crippen LogP contribution in [-0.2, 0) is 20.9 Å². The van der Waals surface area contributed by atoms with Gasteiger partial charge in [-0.1, -0.05) is 42.1 Å². The molecule has 2 aliphatic heterocycles. The number of aliphatic hydroxyl groups excluding tert-OH is 1. The van der Waals surface area contributed by atoms with E-state index in [1.807, 2.05) is 0 Å². The number of aliphatic hydroxyl groups is 1. The van der Waals surface area contributed by atoms with Crippen molar-refractivity contribution in [2.45, 2.75) is 29.2 Å². The third-order valence-electron chi connectivity index (χ3n) is 5.86. The molecule has 3 unspecified atom stereocenters. The predicted octanol–water partition coefficient (Wildman–Crippen LogP) is -1.36. The van der Waals surface area contributed by atoms with Crippen molar-refractivity contribution in [3.8, 4) is 0 Å². The average Bonchev–Trinajstić information content (AvgIpc) is 3.32. The zero-order valence-electron chi connectivity index (χ0n) is 18.8. The molecule has 4 atom stereocenters. The van der Waals surface area contributed by atoms with Gasteiger partial charge in [0.05, 0.1) is 6.54 Å². The summed E-state index contributed by atoms with van der Waals surface area (Å²) in [6, 6.07) is 6.84. The number of nitrogens with one attached hydrogen (secondary N) is 2. The third kappa shape index (κ3) is 5.24. The van der Waals surface area contributed by atoms with E-state index in [4.69, 9.17) is 5.73 Å². The van der Waals surface area contributed by atoms with Crippen molar-refractivity contribution in [2.24, 2.45) is 11.1 Å². The highest BCUT2D eigenvalue weighted by Gasteiger charge is 2.57. The van der Waals surface area contributed by atoms with Crippen molar-refractivity contribution < 1.29 is 29.4 Å². The number of thioether (sulfide) groups is 2. The number of tetrazole rings is 1. The van der Waals surface area contributed by atoms with Gasteiger partial charge in [0.2, 0.25) is 11.1 Å². The fourth-order valence-corrected chi connectivity index (χ4v) is 6.62. The van der Waals surface area contributed by atoms with Crippen LogP contribution >= 0.6 is 23.5 Å². The summed E-state index contributed by atoms with van der Waals surface area (Å²) in [5, 5.41) is 36.6. The van der Waals surface area contributed by atoms with E-state index in [2.05, 4.69) is 26.2 Å². The maximum absolute atomic E-state index is 12.8. The van der Waals surface area contributed by atoms with Crippen LogP contribution in [-0.4, -0.2) is 95.1 Å². The molecule has 36 heavy (non-hydrogen) atoms. The number of nitrogens with two attached hydrogens (primary N) is 1. The Bertz CT molecular complexity index is 1150. The number of carboxylic acids is 1. The summed E-state index contributed by atoms with van der Waals surface area (Å²) < 4.78 is 1.42. The molecule has 0 bridgehead atoms. The predicted molar refractivity (Wildman–Crippen MR) is 127 cm³/mol. The van der Waals surface area contributed by atoms with E-state index in [1.54, 1.807) is 30.3 Å². The Balaban J connectivity index is 1.36. The second kappa shape index (κ2) is 10.7. The van der Waals surface area contributed by atoms with Crippen LogP contribution in [0, 0.1) is 5.41 Å². The number of hydrogen-bond acceptors (Lipinski definition) is 10. The van der Waals surface area contributed by atoms with Crippen molar-refractivity contribution in [1.29, 1.82) is 0 Å². The van der Waals surface area contributed by atoms with Gasteiger partial charge in [-0.05, 0) is 16.0 Å². The second-order valence-electron chi connectivity index (χ2n) is 8.32. The Hall–Kier alpha value is -3.37. The second-order valence-corrected chi connectivity index (χ2v) is 10.4. The van der Waals surface area contributed by atoms with Gasteiger partial charge in [-0.2, -0.15) is 0 Å². The van der Waals surface area contributed by atoms with Gasteiger partial charge in [-0.15, -0.1) is 16.9 Å². The molecule has 14 nitrogen and oxygen atoms in total. The van der Waals surface area contributed by atoms with E-state index in [9.17, 15) is 29.4 Å². The molecule has 0 saturated carbocycles. The van der Waals surface area contributed by atoms with Crippen LogP contribution in [0.4, 0.5) is 4.79 Å². The molecule has 2 fully saturated rings. The molecular weight excluding hydrogens is 512 g/mol. The lowest BCUT2D eigenvalue weighted by molar-refractivity contribution is -0.158. The number of hydrogen-bond donors (Lipinski definition) is 5. The minimum absolute atomic E-state index is 0.0375. The summed E-state index contributed by atoms with van der Waals surface area (Å²) in [4.78, 5) is 49.8. The zero-order valence-corrected chi connectivity index (χ0v) is 20.4. The van der Waals surface area contributed by atoms with Gasteiger partial charge in [-0.25, -0.2) is 9.48 Å². The number of benzene rings is 1. The SMILES string of the molecule is NC(=O)NCCn1nnnc1SCC1(C(=O)O)CS[C@@H]2C(NC(=O)C(O)c3ccccc3)C(=O)N2C1. The molecule has 3 heterocycles. The Morgan fingerprint density at radius 3 is 2.75 bits per heavy atom. The molecule has 1 aromatic heterocycles. The largest absolute Gasteiger partial charge is 0.481 e. The minimum Gasteiger partial charge on any atom is -0.481 e. The maximum atomic E-state index is 12.8. The lowest BCUT2D eigenvalue weighted by Gasteiger charge is -2.53. The van der Waals surface area contributed by atoms with E-state index in [-0.39, 0.29) is 31.1 Å². The molecule has 0 aliphatic carbocycles. The molecular formula is C20H24N8O6S2. The Kier molecular flexibility index (Phi) is 7.65. The van der Waals surface area contributed by atoms with Crippen LogP contribution in [0.15, 0.2) is 35.5 Å². The first kappa shape index (κ1) is 25.7. The summed E-state index contributed by atoms with van der Waals surface area (Å²) in [7, 11) is 0. The van der Waals surface area contributed by atoms with Crippen molar-refractivity contribution in [3.63, 3.8) is 0 Å². The summed E-state index contributed by atoms with van der Waals surface area (Å²) in [6.07, 6.45) is -1.42. The summed E-state index contributed by atoms with van der Waals surface area (Å²) >= 11 is 2.40. The van der Waals surface area contributed by atoms with Crippen LogP contribution in [0.3, 0.4) is 0 Å². The van der Waals surface area contributed by atoms with Gasteiger partial charge in [0.1, 0.15) is 16.8 Å². The summed E-state index contributed by atoms with van der Waals surface area (Å²) in [6.45, 7) is 0.407. The fourth-order valence-electron chi connectivity index (χ4n) is 3.85. The smallest absolute Gasteiger partial charge is 0.313 e. The molecule has 0 spiro atoms. The number of carboxylic acid groups (broad SMARTS) is 1. The number of rotatable bonds is 10. The molecule has 192 valence electrons. The van der Waals surface area contributed by atoms with Crippen LogP contribution in [0.2, 0.25) is 0 Å². The number of aliphatic carboxylic acids is 1. The number of fused-ring (bicyclic) bond motifs is 1. The highest BCUT2D eigenvalue weighted by atomic mass is 32.2. The van der Waals surface area contributed by atoms with Crippen LogP contribution < -0.4 is 16.4 Å². The van der Waals surface area contributed by atoms with Gasteiger partial charge in [0.15, 0.2) is 6.10 Å². The minimum atomic E-state index is -1.42. The lowest BCUT2D eigenvalue weighted by Crippen LogP contribution is -2.74. The Morgan fingerprint density at radius 1 is 1.31 bits per heavy atom. The van der Waals surface area contributed by atoms with E-state index in [0.717, 1.165) is 11.8 Å². The van der Waals surface area contributed by atoms with Gasteiger partial charge in [0, 0.05) is 24.6 Å². The molecule has 4 rings (SSSR count). The molecule has 1 aromatic carbocycles. The molecule has 2 aromatic rings. The number of carbonyl (C=O) groups excluding carboxylic acids is 3. The van der Waals surface area contributed by atoms with E-state index in [1.165, 1.54) is 21.3 Å². The first-order chi connectivity index (χ1) is 17.2. The normalized spacial score (nSPS) is 23.8. The number of urea groups is 1. The highest BCUT2D eigenvalue weighted by molar-refractivity contribution is 8.00. The summed E-state index contributed by atoms with van der Waals surface area (Å²) in [5.74, 6) is -1.86. The van der Waals surface area contributed by atoms with Crippen molar-refractivity contribution in [2.75, 3.05) is 24.6 Å². The number of aromatic nitrogens is 4. The average molecular weight is 537 g/mol. The molecule has 6 N–H and O–H groups in total. The quantitative estimate of drug-likeness (QED) is 0.177. The van der Waals surface area contributed by atoms with Crippen LogP contribution in [0.1, 0.15) is 11.7 Å². The Labute approximate surface area is 213 Å². The van der Waals surface area contributed by atoms with E-state index < -0.39 is 46.7 Å². The van der Waals surface area contributed by atoms with E-state index in [0.29, 0.717) is 10.7 Å². The standard InChI is InChI=1S/C20H24N8O6S2/c21-18(34)22-6-7-28-19(24-25-26-28)36-10-20(17(32)33)8-27-15(31)12(16(27)35-9-20)23-14(30)13(29)11-4-2-1-3-5-11/h1-5,12-13,16,29H,6-10H2,(H,23,30)(H,32,33)(H3,21,22,34)/t12?,13?,16-,20?/m1/s1. The fraction of sp³-hybridized carbons (Fsp3) is 0.450. The lowest BCUT2D eigenvalue weighted by atomic mass is 9.89. The van der Waals surface area contributed by atoms with Crippen LogP contribution in [0.25, 0.3) is 0 Å². The van der Waals surface area contributed by atoms with Gasteiger partial charge in [0.25, 0.3) is 5.91 Å². The van der Waals surface area contributed by atoms with Crippen molar-refractivity contribution >= 4 is 47.3 Å². The first-order valence-electron chi connectivity index (χ1n) is 10.8. The molecule has 4 amide bonds. The molecule has 0 radical (unpaired) electrons. The third-order valence-corrected chi connectivity index (χ3v) is 8.69. The van der Waals surface area contributed by atoms with Gasteiger partial charge in [-0.3, -0.25) is 14.4 Å². The molecule has 16 heteroatoms. The Morgan fingerprint density at radius 2 is 2.06 bits per heavy atom. The van der Waals surface area contributed by atoms with Gasteiger partial charge < -0.3 is 31.5 Å². The van der Waals surface area contributed by atoms with Gasteiger partial charge >= 0.3 is 12.0 Å². The molecule has 2 aliphatic rings. The van der Waals surface area contributed by atoms with Crippen molar-refractivity contribution in [3.05, 3.63) is 35.9 Å². The number of primary amides is 1. The number of amides is 4. The molecule has 2 saturated heterocycles. The first-order valence-corrected chi connectivity index (χ1v) is 12.9. The topological polar surface area (TPSA) is 206 Å². The van der Waals surface area contributed by atoms with E-state index >= 15 is 0 Å². The number of carbonyl (C=O) groups is 4. The summed E-state index contributed by atoms with van der Waals surface area (Å²) in [5.41, 5.74) is 4.19. The maximum Gasteiger partial charge on any atom is 0.313 e. The van der Waals surface area contributed by atoms with Crippen LogP contribution in [0.5, 0.6) is 0 Å². The highest BCUT2D eigenvalue weighted by Crippen LogP contribution is 2.44. The zero-order chi connectivity index (χ0) is 25.9. The number of β-lactam (4-membered cyclic amide) rings is 1.